The van der Waals surface area contributed by atoms with Crippen LogP contribution in [0.15, 0.2) is 0 Å². The highest BCUT2D eigenvalue weighted by Gasteiger charge is 2.23. The highest BCUT2D eigenvalue weighted by molar-refractivity contribution is 4.82. The van der Waals surface area contributed by atoms with E-state index in [0.29, 0.717) is 0 Å². The van der Waals surface area contributed by atoms with Gasteiger partial charge < -0.3 is 15.7 Å². The van der Waals surface area contributed by atoms with Gasteiger partial charge in [0.2, 0.25) is 0 Å². The Kier molecular flexibility index (Phi) is 4.85. The van der Waals surface area contributed by atoms with E-state index in [2.05, 4.69) is 18.7 Å². The van der Waals surface area contributed by atoms with Crippen LogP contribution in [-0.2, 0) is 0 Å². The lowest BCUT2D eigenvalue weighted by molar-refractivity contribution is 0.0525. The fraction of sp³-hybridized carbons (Fsp3) is 1.00. The van der Waals surface area contributed by atoms with E-state index in [1.165, 1.54) is 12.8 Å². The molecule has 1 aliphatic heterocycles. The summed E-state index contributed by atoms with van der Waals surface area (Å²) in [6.45, 7) is 7.43. The number of nitrogens with two attached hydrogens (primary N) is 1. The maximum Gasteiger partial charge on any atom is 0.0818 e. The zero-order chi connectivity index (χ0) is 10.6. The minimum atomic E-state index is -0.317. The summed E-state index contributed by atoms with van der Waals surface area (Å²) in [5.41, 5.74) is 5.74. The Morgan fingerprint density at radius 2 is 2.21 bits per heavy atom. The number of aliphatic hydroxyl groups is 1. The van der Waals surface area contributed by atoms with Gasteiger partial charge in [-0.1, -0.05) is 13.8 Å². The molecule has 3 nitrogen and oxygen atoms in total. The standard InChI is InChI=1S/C11H24N2O/c1-9(2)4-3-6-13-7-5-10(12)11(14)8-13/h9-11,14H,3-8,12H2,1-2H3. The van der Waals surface area contributed by atoms with Gasteiger partial charge in [-0.05, 0) is 38.3 Å². The summed E-state index contributed by atoms with van der Waals surface area (Å²) >= 11 is 0. The lowest BCUT2D eigenvalue weighted by Crippen LogP contribution is -2.50. The number of aliphatic hydroxyl groups excluding tert-OH is 1. The highest BCUT2D eigenvalue weighted by atomic mass is 16.3. The molecule has 1 aliphatic rings. The smallest absolute Gasteiger partial charge is 0.0818 e. The third-order valence-corrected chi connectivity index (χ3v) is 2.97. The second-order valence-electron chi connectivity index (χ2n) is 4.86. The molecule has 1 rings (SSSR count). The van der Waals surface area contributed by atoms with Crippen LogP contribution in [0.1, 0.15) is 33.1 Å². The molecule has 0 radical (unpaired) electrons. The molecule has 1 fully saturated rings. The number of likely N-dealkylation sites (tertiary alicyclic amines) is 1. The molecular formula is C11H24N2O. The van der Waals surface area contributed by atoms with Crippen molar-refractivity contribution in [3.05, 3.63) is 0 Å². The van der Waals surface area contributed by atoms with Crippen molar-refractivity contribution in [1.82, 2.24) is 4.90 Å². The molecule has 3 heteroatoms. The van der Waals surface area contributed by atoms with Gasteiger partial charge in [0.1, 0.15) is 0 Å². The van der Waals surface area contributed by atoms with Gasteiger partial charge >= 0.3 is 0 Å². The molecule has 3 N–H and O–H groups in total. The number of nitrogens with zero attached hydrogens (tertiary/aromatic N) is 1. The first-order valence-corrected chi connectivity index (χ1v) is 5.75. The summed E-state index contributed by atoms with van der Waals surface area (Å²) in [7, 11) is 0. The molecule has 0 spiro atoms. The first-order valence-electron chi connectivity index (χ1n) is 5.75. The summed E-state index contributed by atoms with van der Waals surface area (Å²) in [6.07, 6.45) is 3.13. The van der Waals surface area contributed by atoms with Crippen molar-refractivity contribution in [2.24, 2.45) is 11.7 Å². The van der Waals surface area contributed by atoms with Gasteiger partial charge in [-0.3, -0.25) is 0 Å². The minimum Gasteiger partial charge on any atom is -0.390 e. The van der Waals surface area contributed by atoms with Gasteiger partial charge in [0.05, 0.1) is 6.10 Å². The summed E-state index contributed by atoms with van der Waals surface area (Å²) in [5.74, 6) is 0.784. The Labute approximate surface area is 87.3 Å². The maximum absolute atomic E-state index is 9.59. The van der Waals surface area contributed by atoms with Gasteiger partial charge in [0.25, 0.3) is 0 Å². The number of β-amino-alcohol motifs (C(OH)–C–C–N with tert-alkyl or cyclic N) is 1. The Hall–Kier alpha value is -0.120. The third kappa shape index (κ3) is 3.95. The highest BCUT2D eigenvalue weighted by Crippen LogP contribution is 2.11. The third-order valence-electron chi connectivity index (χ3n) is 2.97. The molecule has 2 atom stereocenters. The molecule has 0 aliphatic carbocycles. The SMILES string of the molecule is CC(C)CCCN1CCC(N)C(O)C1. The fourth-order valence-electron chi connectivity index (χ4n) is 1.94. The van der Waals surface area contributed by atoms with Gasteiger partial charge in [0, 0.05) is 12.6 Å². The Bertz CT molecular complexity index is 161. The predicted molar refractivity (Wildman–Crippen MR) is 59.1 cm³/mol. The van der Waals surface area contributed by atoms with Crippen LogP contribution >= 0.6 is 0 Å². The van der Waals surface area contributed by atoms with Crippen LogP contribution in [0.3, 0.4) is 0 Å². The average Bonchev–Trinajstić information content (AvgIpc) is 2.10. The number of hydrogen-bond donors (Lipinski definition) is 2. The Morgan fingerprint density at radius 3 is 2.79 bits per heavy atom. The molecule has 0 amide bonds. The van der Waals surface area contributed by atoms with Crippen molar-refractivity contribution in [3.8, 4) is 0 Å². The monoisotopic (exact) mass is 200 g/mol. The average molecular weight is 200 g/mol. The minimum absolute atomic E-state index is 0.00338. The van der Waals surface area contributed by atoms with Gasteiger partial charge in [0.15, 0.2) is 0 Å². The molecule has 14 heavy (non-hydrogen) atoms. The molecular weight excluding hydrogens is 176 g/mol. The van der Waals surface area contributed by atoms with E-state index < -0.39 is 0 Å². The zero-order valence-corrected chi connectivity index (χ0v) is 9.45. The van der Waals surface area contributed by atoms with Crippen molar-refractivity contribution >= 4 is 0 Å². The van der Waals surface area contributed by atoms with Crippen molar-refractivity contribution < 1.29 is 5.11 Å². The van der Waals surface area contributed by atoms with Crippen LogP contribution in [0.2, 0.25) is 0 Å². The molecule has 0 aromatic heterocycles. The fourth-order valence-corrected chi connectivity index (χ4v) is 1.94. The van der Waals surface area contributed by atoms with E-state index in [1.807, 2.05) is 0 Å². The summed E-state index contributed by atoms with van der Waals surface area (Å²) in [4.78, 5) is 2.33. The van der Waals surface area contributed by atoms with Crippen molar-refractivity contribution in [2.45, 2.75) is 45.3 Å². The number of rotatable bonds is 4. The van der Waals surface area contributed by atoms with Crippen LogP contribution in [0.4, 0.5) is 0 Å². The zero-order valence-electron chi connectivity index (χ0n) is 9.45. The van der Waals surface area contributed by atoms with Gasteiger partial charge in [-0.15, -0.1) is 0 Å². The molecule has 2 unspecified atom stereocenters. The summed E-state index contributed by atoms with van der Waals surface area (Å²) in [5, 5.41) is 9.59. The van der Waals surface area contributed by atoms with Crippen molar-refractivity contribution in [2.75, 3.05) is 19.6 Å². The van der Waals surface area contributed by atoms with Crippen molar-refractivity contribution in [3.63, 3.8) is 0 Å². The van der Waals surface area contributed by atoms with E-state index in [1.54, 1.807) is 0 Å². The lowest BCUT2D eigenvalue weighted by atomic mass is 10.0. The molecule has 1 heterocycles. The number of piperidine rings is 1. The molecule has 1 saturated heterocycles. The topological polar surface area (TPSA) is 49.5 Å². The van der Waals surface area contributed by atoms with E-state index >= 15 is 0 Å². The molecule has 0 aromatic rings. The summed E-state index contributed by atoms with van der Waals surface area (Å²) in [6, 6.07) is -0.00338. The van der Waals surface area contributed by atoms with E-state index in [4.69, 9.17) is 5.73 Å². The van der Waals surface area contributed by atoms with Gasteiger partial charge in [-0.25, -0.2) is 0 Å². The second-order valence-corrected chi connectivity index (χ2v) is 4.86. The maximum atomic E-state index is 9.59. The molecule has 0 bridgehead atoms. The first kappa shape index (κ1) is 12.0. The molecule has 84 valence electrons. The number of hydrogen-bond acceptors (Lipinski definition) is 3. The van der Waals surface area contributed by atoms with E-state index in [0.717, 1.165) is 32.0 Å². The molecule has 0 aromatic carbocycles. The van der Waals surface area contributed by atoms with Crippen LogP contribution in [0.5, 0.6) is 0 Å². The Morgan fingerprint density at radius 1 is 1.50 bits per heavy atom. The molecule has 0 saturated carbocycles. The predicted octanol–water partition coefficient (Wildman–Crippen LogP) is 0.816. The largest absolute Gasteiger partial charge is 0.390 e. The van der Waals surface area contributed by atoms with E-state index in [-0.39, 0.29) is 12.1 Å². The van der Waals surface area contributed by atoms with Crippen molar-refractivity contribution in [1.29, 1.82) is 0 Å². The summed E-state index contributed by atoms with van der Waals surface area (Å²) < 4.78 is 0. The Balaban J connectivity index is 2.13. The normalized spacial score (nSPS) is 29.8. The second kappa shape index (κ2) is 5.69. The quantitative estimate of drug-likeness (QED) is 0.706. The van der Waals surface area contributed by atoms with Crippen LogP contribution in [-0.4, -0.2) is 41.8 Å². The van der Waals surface area contributed by atoms with E-state index in [9.17, 15) is 5.11 Å². The first-order chi connectivity index (χ1) is 6.59. The van der Waals surface area contributed by atoms with Gasteiger partial charge in [-0.2, -0.15) is 0 Å². The van der Waals surface area contributed by atoms with Crippen LogP contribution < -0.4 is 5.73 Å². The lowest BCUT2D eigenvalue weighted by Gasteiger charge is -2.34. The van der Waals surface area contributed by atoms with Crippen LogP contribution in [0.25, 0.3) is 0 Å². The van der Waals surface area contributed by atoms with Crippen LogP contribution in [0, 0.1) is 5.92 Å².